The average Bonchev–Trinajstić information content (AvgIpc) is 3.21. The van der Waals surface area contributed by atoms with Crippen molar-refractivity contribution in [3.63, 3.8) is 0 Å². The van der Waals surface area contributed by atoms with Crippen LogP contribution in [0, 0.1) is 0 Å². The molecule has 3 aromatic rings. The summed E-state index contributed by atoms with van der Waals surface area (Å²) in [5.41, 5.74) is 2.73. The molecule has 2 heterocycles. The monoisotopic (exact) mass is 424 g/mol. The molecule has 138 valence electrons. The van der Waals surface area contributed by atoms with Crippen molar-refractivity contribution in [2.24, 2.45) is 0 Å². The molecule has 0 spiro atoms. The van der Waals surface area contributed by atoms with Gasteiger partial charge in [0.2, 0.25) is 5.91 Å². The first-order chi connectivity index (χ1) is 13.0. The fourth-order valence-electron chi connectivity index (χ4n) is 3.49. The van der Waals surface area contributed by atoms with Gasteiger partial charge in [0, 0.05) is 39.2 Å². The fraction of sp³-hybridized carbons (Fsp3) is 0.100. The third kappa shape index (κ3) is 3.61. The first kappa shape index (κ1) is 21.0. The molecule has 1 aliphatic heterocycles. The second kappa shape index (κ2) is 8.31. The van der Waals surface area contributed by atoms with Gasteiger partial charge in [-0.15, -0.1) is 0 Å². The van der Waals surface area contributed by atoms with Crippen molar-refractivity contribution in [1.29, 1.82) is 0 Å². The Kier molecular flexibility index (Phi) is 6.22. The maximum atomic E-state index is 12.5. The molecule has 0 bridgehead atoms. The van der Waals surface area contributed by atoms with Crippen LogP contribution in [0.2, 0.25) is 10.0 Å². The first-order valence-electron chi connectivity index (χ1n) is 8.28. The van der Waals surface area contributed by atoms with Gasteiger partial charge >= 0.3 is 35.5 Å². The van der Waals surface area contributed by atoms with Crippen LogP contribution in [0.5, 0.6) is 0 Å². The molecule has 0 radical (unpaired) electrons. The van der Waals surface area contributed by atoms with Crippen LogP contribution in [0.3, 0.4) is 0 Å². The van der Waals surface area contributed by atoms with Crippen LogP contribution in [-0.4, -0.2) is 58.1 Å². The predicted molar refractivity (Wildman–Crippen MR) is 113 cm³/mol. The van der Waals surface area contributed by atoms with Crippen LogP contribution in [-0.2, 0) is 4.79 Å². The normalized spacial score (nSPS) is 15.3. The summed E-state index contributed by atoms with van der Waals surface area (Å²) in [6.45, 7) is 0.509. The molecule has 28 heavy (non-hydrogen) atoms. The molecule has 2 aromatic carbocycles. The summed E-state index contributed by atoms with van der Waals surface area (Å²) in [4.78, 5) is 27.3. The van der Waals surface area contributed by atoms with Gasteiger partial charge in [-0.05, 0) is 24.1 Å². The Morgan fingerprint density at radius 2 is 1.82 bits per heavy atom. The number of hydrogen-bond acceptors (Lipinski definition) is 2. The summed E-state index contributed by atoms with van der Waals surface area (Å²) in [5.74, 6) is -1.34. The van der Waals surface area contributed by atoms with Crippen molar-refractivity contribution in [2.45, 2.75) is 6.42 Å². The van der Waals surface area contributed by atoms with E-state index >= 15 is 0 Å². The number of fused-ring (bicyclic) bond motifs is 1. The molecular formula is C20H15Cl2N2NaO3. The van der Waals surface area contributed by atoms with Crippen molar-refractivity contribution in [1.82, 2.24) is 10.3 Å². The molecule has 0 unspecified atom stereocenters. The van der Waals surface area contributed by atoms with Gasteiger partial charge in [0.05, 0.1) is 5.02 Å². The summed E-state index contributed by atoms with van der Waals surface area (Å²) in [5, 5.41) is 13.8. The number of benzene rings is 2. The van der Waals surface area contributed by atoms with E-state index in [1.54, 1.807) is 12.1 Å². The fourth-order valence-corrected chi connectivity index (χ4v) is 4.08. The molecular weight excluding hydrogens is 410 g/mol. The second-order valence-electron chi connectivity index (χ2n) is 6.22. The van der Waals surface area contributed by atoms with Gasteiger partial charge in [-0.2, -0.15) is 0 Å². The Labute approximate surface area is 193 Å². The minimum absolute atomic E-state index is 0. The van der Waals surface area contributed by atoms with Gasteiger partial charge in [0.25, 0.3) is 0 Å². The number of H-pyrrole nitrogens is 1. The number of carboxylic acid groups (broad SMARTS) is 1. The molecule has 1 aromatic heterocycles. The SMILES string of the molecule is O=C1NCCC1=C(c1ccccc1)c1c(C(=O)O)[nH]c2cc(Cl)cc(Cl)c12.[NaH]. The molecule has 1 aliphatic rings. The molecule has 1 fully saturated rings. The number of halogens is 2. The number of carbonyl (C=O) groups excluding carboxylic acids is 1. The van der Waals surface area contributed by atoms with Crippen molar-refractivity contribution < 1.29 is 14.7 Å². The number of hydrogen-bond donors (Lipinski definition) is 3. The van der Waals surface area contributed by atoms with Gasteiger partial charge in [-0.3, -0.25) is 4.79 Å². The number of carboxylic acids is 1. The quantitative estimate of drug-likeness (QED) is 0.441. The zero-order chi connectivity index (χ0) is 19.1. The Hall–Kier alpha value is -1.76. The van der Waals surface area contributed by atoms with E-state index in [4.69, 9.17) is 23.2 Å². The van der Waals surface area contributed by atoms with E-state index in [1.165, 1.54) is 0 Å². The Bertz CT molecular complexity index is 1120. The summed E-state index contributed by atoms with van der Waals surface area (Å²) in [6, 6.07) is 12.4. The molecule has 1 amide bonds. The van der Waals surface area contributed by atoms with Crippen LogP contribution in [0.25, 0.3) is 16.5 Å². The third-order valence-corrected chi connectivity index (χ3v) is 5.09. The Morgan fingerprint density at radius 1 is 1.11 bits per heavy atom. The van der Waals surface area contributed by atoms with Crippen LogP contribution >= 0.6 is 23.2 Å². The van der Waals surface area contributed by atoms with Gasteiger partial charge < -0.3 is 15.4 Å². The zero-order valence-corrected chi connectivity index (χ0v) is 15.5. The van der Waals surface area contributed by atoms with E-state index in [2.05, 4.69) is 10.3 Å². The Morgan fingerprint density at radius 3 is 2.43 bits per heavy atom. The topological polar surface area (TPSA) is 82.2 Å². The molecule has 3 N–H and O–H groups in total. The molecule has 1 saturated heterocycles. The van der Waals surface area contributed by atoms with Crippen LogP contribution in [0.1, 0.15) is 28.0 Å². The molecule has 4 rings (SSSR count). The molecule has 8 heteroatoms. The number of nitrogens with one attached hydrogen (secondary N) is 2. The number of carbonyl (C=O) groups is 2. The van der Waals surface area contributed by atoms with Gasteiger partial charge in [-0.25, -0.2) is 4.79 Å². The number of aromatic nitrogens is 1. The molecule has 0 saturated carbocycles. The van der Waals surface area contributed by atoms with E-state index in [0.29, 0.717) is 50.6 Å². The number of rotatable bonds is 3. The summed E-state index contributed by atoms with van der Waals surface area (Å²) < 4.78 is 0. The zero-order valence-electron chi connectivity index (χ0n) is 14.0. The van der Waals surface area contributed by atoms with Crippen LogP contribution in [0.15, 0.2) is 48.0 Å². The predicted octanol–water partition coefficient (Wildman–Crippen LogP) is 3.85. The summed E-state index contributed by atoms with van der Waals surface area (Å²) in [7, 11) is 0. The van der Waals surface area contributed by atoms with E-state index in [0.717, 1.165) is 5.56 Å². The van der Waals surface area contributed by atoms with E-state index in [9.17, 15) is 14.7 Å². The summed E-state index contributed by atoms with van der Waals surface area (Å²) >= 11 is 12.5. The van der Waals surface area contributed by atoms with E-state index in [1.807, 2.05) is 30.3 Å². The molecule has 5 nitrogen and oxygen atoms in total. The number of aromatic carboxylic acids is 1. The molecule has 0 atom stereocenters. The van der Waals surface area contributed by atoms with Gasteiger partial charge in [-0.1, -0.05) is 53.5 Å². The van der Waals surface area contributed by atoms with Crippen molar-refractivity contribution >= 4 is 81.1 Å². The standard InChI is InChI=1S/C20H14Cl2N2O3.Na.H/c21-11-8-13(22)16-14(9-11)24-18(20(26)27)17(16)15(10-4-2-1-3-5-10)12-6-7-23-19(12)25;;/h1-5,8-9,24H,6-7H2,(H,23,25)(H,26,27);;. The van der Waals surface area contributed by atoms with Gasteiger partial charge in [0.15, 0.2) is 0 Å². The minimum atomic E-state index is -1.14. The summed E-state index contributed by atoms with van der Waals surface area (Å²) in [6.07, 6.45) is 0.500. The third-order valence-electron chi connectivity index (χ3n) is 4.58. The first-order valence-corrected chi connectivity index (χ1v) is 9.04. The van der Waals surface area contributed by atoms with Crippen molar-refractivity contribution in [3.8, 4) is 0 Å². The number of amides is 1. The van der Waals surface area contributed by atoms with Crippen LogP contribution in [0.4, 0.5) is 0 Å². The van der Waals surface area contributed by atoms with Crippen LogP contribution < -0.4 is 5.32 Å². The Balaban J connectivity index is 0.00000225. The second-order valence-corrected chi connectivity index (χ2v) is 7.06. The maximum absolute atomic E-state index is 12.5. The average molecular weight is 425 g/mol. The van der Waals surface area contributed by atoms with Crippen molar-refractivity contribution in [3.05, 3.63) is 74.9 Å². The van der Waals surface area contributed by atoms with E-state index in [-0.39, 0.29) is 41.2 Å². The van der Waals surface area contributed by atoms with E-state index < -0.39 is 5.97 Å². The van der Waals surface area contributed by atoms with Gasteiger partial charge in [0.1, 0.15) is 5.69 Å². The molecule has 0 aliphatic carbocycles. The number of aromatic amines is 1. The van der Waals surface area contributed by atoms with Crippen molar-refractivity contribution in [2.75, 3.05) is 6.54 Å².